The SMILES string of the molecule is O=S1(=O)C=Cc2cnncc2C1. The molecule has 0 saturated carbocycles. The van der Waals surface area contributed by atoms with Gasteiger partial charge in [0.25, 0.3) is 0 Å². The van der Waals surface area contributed by atoms with Gasteiger partial charge in [-0.05, 0) is 11.6 Å². The maximum atomic E-state index is 11.1. The molecule has 62 valence electrons. The molecular formula is C7H6N2O2S. The standard InChI is InChI=1S/C7H6N2O2S/c10-12(11)2-1-6-3-8-9-4-7(6)5-12/h1-4H,5H2. The van der Waals surface area contributed by atoms with E-state index in [0.29, 0.717) is 5.56 Å². The number of fused-ring (bicyclic) bond motifs is 1. The van der Waals surface area contributed by atoms with E-state index in [4.69, 9.17) is 0 Å². The molecule has 0 radical (unpaired) electrons. The molecule has 12 heavy (non-hydrogen) atoms. The zero-order chi connectivity index (χ0) is 8.60. The van der Waals surface area contributed by atoms with Crippen LogP contribution in [0.2, 0.25) is 0 Å². The molecule has 0 aromatic carbocycles. The number of rotatable bonds is 0. The Hall–Kier alpha value is -1.23. The zero-order valence-electron chi connectivity index (χ0n) is 6.14. The third kappa shape index (κ3) is 1.23. The molecule has 1 aromatic rings. The number of hydrogen-bond acceptors (Lipinski definition) is 4. The van der Waals surface area contributed by atoms with E-state index in [1.165, 1.54) is 11.6 Å². The van der Waals surface area contributed by atoms with E-state index in [1.807, 2.05) is 0 Å². The average molecular weight is 182 g/mol. The molecule has 0 unspecified atom stereocenters. The van der Waals surface area contributed by atoms with E-state index >= 15 is 0 Å². The number of aromatic nitrogens is 2. The highest BCUT2D eigenvalue weighted by Crippen LogP contribution is 2.18. The van der Waals surface area contributed by atoms with Crippen LogP contribution in [0.15, 0.2) is 17.8 Å². The minimum Gasteiger partial charge on any atom is -0.224 e. The van der Waals surface area contributed by atoms with Crippen molar-refractivity contribution in [3.8, 4) is 0 Å². The molecule has 2 rings (SSSR count). The van der Waals surface area contributed by atoms with Crippen molar-refractivity contribution in [2.45, 2.75) is 5.75 Å². The lowest BCUT2D eigenvalue weighted by Gasteiger charge is -2.07. The average Bonchev–Trinajstić information content (AvgIpc) is 2.02. The highest BCUT2D eigenvalue weighted by atomic mass is 32.2. The summed E-state index contributed by atoms with van der Waals surface area (Å²) in [5, 5.41) is 8.47. The van der Waals surface area contributed by atoms with Crippen LogP contribution in [0.3, 0.4) is 0 Å². The molecule has 0 spiro atoms. The molecule has 0 aliphatic carbocycles. The fourth-order valence-corrected chi connectivity index (χ4v) is 2.19. The van der Waals surface area contributed by atoms with Gasteiger partial charge in [-0.1, -0.05) is 0 Å². The van der Waals surface area contributed by atoms with Crippen molar-refractivity contribution in [1.82, 2.24) is 10.2 Å². The molecule has 0 atom stereocenters. The first kappa shape index (κ1) is 7.42. The monoisotopic (exact) mass is 182 g/mol. The second-order valence-corrected chi connectivity index (χ2v) is 4.47. The quantitative estimate of drug-likeness (QED) is 0.581. The van der Waals surface area contributed by atoms with Crippen LogP contribution in [-0.4, -0.2) is 18.6 Å². The van der Waals surface area contributed by atoms with E-state index in [9.17, 15) is 8.42 Å². The maximum absolute atomic E-state index is 11.1. The Kier molecular flexibility index (Phi) is 1.47. The third-order valence-corrected chi connectivity index (χ3v) is 2.92. The van der Waals surface area contributed by atoms with Crippen LogP contribution < -0.4 is 0 Å². The Morgan fingerprint density at radius 1 is 1.25 bits per heavy atom. The first-order chi connectivity index (χ1) is 5.67. The van der Waals surface area contributed by atoms with Crippen molar-refractivity contribution in [3.63, 3.8) is 0 Å². The van der Waals surface area contributed by atoms with Crippen molar-refractivity contribution < 1.29 is 8.42 Å². The lowest BCUT2D eigenvalue weighted by molar-refractivity contribution is 0.603. The molecule has 0 N–H and O–H groups in total. The first-order valence-corrected chi connectivity index (χ1v) is 5.09. The molecule has 0 fully saturated rings. The van der Waals surface area contributed by atoms with Crippen LogP contribution in [0.25, 0.3) is 6.08 Å². The van der Waals surface area contributed by atoms with Crippen LogP contribution in [0, 0.1) is 0 Å². The van der Waals surface area contributed by atoms with E-state index in [2.05, 4.69) is 10.2 Å². The van der Waals surface area contributed by atoms with Gasteiger partial charge < -0.3 is 0 Å². The summed E-state index contributed by atoms with van der Waals surface area (Å²) < 4.78 is 22.2. The van der Waals surface area contributed by atoms with Crippen LogP contribution in [-0.2, 0) is 15.6 Å². The molecule has 5 heteroatoms. The predicted octanol–water partition coefficient (Wildman–Crippen LogP) is 0.376. The van der Waals surface area contributed by atoms with Crippen molar-refractivity contribution in [2.24, 2.45) is 0 Å². The topological polar surface area (TPSA) is 59.9 Å². The summed E-state index contributed by atoms with van der Waals surface area (Å²) in [5.41, 5.74) is 1.55. The van der Waals surface area contributed by atoms with Gasteiger partial charge in [0.15, 0.2) is 9.84 Å². The van der Waals surface area contributed by atoms with E-state index in [0.717, 1.165) is 5.56 Å². The first-order valence-electron chi connectivity index (χ1n) is 3.38. The minimum absolute atomic E-state index is 0.0361. The molecule has 4 nitrogen and oxygen atoms in total. The van der Waals surface area contributed by atoms with Gasteiger partial charge in [-0.15, -0.1) is 0 Å². The summed E-state index contributed by atoms with van der Waals surface area (Å²) in [6.45, 7) is 0. The van der Waals surface area contributed by atoms with E-state index < -0.39 is 9.84 Å². The third-order valence-electron chi connectivity index (χ3n) is 1.66. The fraction of sp³-hybridized carbons (Fsp3) is 0.143. The number of sulfone groups is 1. The fourth-order valence-electron chi connectivity index (χ4n) is 1.07. The summed E-state index contributed by atoms with van der Waals surface area (Å²) in [4.78, 5) is 0. The lowest BCUT2D eigenvalue weighted by atomic mass is 10.2. The summed E-state index contributed by atoms with van der Waals surface area (Å²) >= 11 is 0. The molecule has 0 bridgehead atoms. The Balaban J connectivity index is 2.61. The van der Waals surface area contributed by atoms with Gasteiger partial charge in [-0.3, -0.25) is 0 Å². The Bertz CT molecular complexity index is 436. The zero-order valence-corrected chi connectivity index (χ0v) is 6.95. The number of nitrogens with zero attached hydrogens (tertiary/aromatic N) is 2. The van der Waals surface area contributed by atoms with Gasteiger partial charge in [-0.25, -0.2) is 8.42 Å². The molecular weight excluding hydrogens is 176 g/mol. The highest BCUT2D eigenvalue weighted by molar-refractivity contribution is 7.93. The molecule has 0 amide bonds. The van der Waals surface area contributed by atoms with E-state index in [1.54, 1.807) is 12.3 Å². The minimum atomic E-state index is -3.04. The molecule has 2 heterocycles. The second kappa shape index (κ2) is 2.38. The summed E-state index contributed by atoms with van der Waals surface area (Å²) in [6.07, 6.45) is 4.58. The summed E-state index contributed by atoms with van der Waals surface area (Å²) in [5.74, 6) is 0.0361. The van der Waals surface area contributed by atoms with Gasteiger partial charge in [-0.2, -0.15) is 10.2 Å². The van der Waals surface area contributed by atoms with Crippen LogP contribution in [0.5, 0.6) is 0 Å². The van der Waals surface area contributed by atoms with Gasteiger partial charge in [0, 0.05) is 11.0 Å². The van der Waals surface area contributed by atoms with Gasteiger partial charge in [0.1, 0.15) is 0 Å². The van der Waals surface area contributed by atoms with Gasteiger partial charge >= 0.3 is 0 Å². The van der Waals surface area contributed by atoms with Gasteiger partial charge in [0.2, 0.25) is 0 Å². The molecule has 1 aliphatic heterocycles. The number of hydrogen-bond donors (Lipinski definition) is 0. The highest BCUT2D eigenvalue weighted by Gasteiger charge is 2.15. The predicted molar refractivity (Wildman–Crippen MR) is 43.7 cm³/mol. The summed E-state index contributed by atoms with van der Waals surface area (Å²) in [7, 11) is -3.04. The summed E-state index contributed by atoms with van der Waals surface area (Å²) in [6, 6.07) is 0. The van der Waals surface area contributed by atoms with Crippen LogP contribution in [0.4, 0.5) is 0 Å². The molecule has 1 aromatic heterocycles. The van der Waals surface area contributed by atoms with E-state index in [-0.39, 0.29) is 5.75 Å². The Labute approximate surface area is 69.9 Å². The maximum Gasteiger partial charge on any atom is 0.175 e. The van der Waals surface area contributed by atoms with Crippen molar-refractivity contribution in [1.29, 1.82) is 0 Å². The van der Waals surface area contributed by atoms with Crippen molar-refractivity contribution in [3.05, 3.63) is 28.9 Å². The van der Waals surface area contributed by atoms with Gasteiger partial charge in [0.05, 0.1) is 18.1 Å². The Morgan fingerprint density at radius 3 is 2.83 bits per heavy atom. The van der Waals surface area contributed by atoms with Crippen LogP contribution >= 0.6 is 0 Å². The van der Waals surface area contributed by atoms with Crippen LogP contribution in [0.1, 0.15) is 11.1 Å². The lowest BCUT2D eigenvalue weighted by Crippen LogP contribution is -2.06. The molecule has 0 saturated heterocycles. The van der Waals surface area contributed by atoms with Crippen molar-refractivity contribution >= 4 is 15.9 Å². The van der Waals surface area contributed by atoms with Crippen molar-refractivity contribution in [2.75, 3.05) is 0 Å². The largest absolute Gasteiger partial charge is 0.224 e. The normalized spacial score (nSPS) is 18.7. The Morgan fingerprint density at radius 2 is 2.00 bits per heavy atom. The second-order valence-electron chi connectivity index (χ2n) is 2.58. The smallest absolute Gasteiger partial charge is 0.175 e. The molecule has 1 aliphatic rings.